The summed E-state index contributed by atoms with van der Waals surface area (Å²) in [7, 11) is 0. The first-order valence-corrected chi connectivity index (χ1v) is 8.73. The van der Waals surface area contributed by atoms with E-state index in [4.69, 9.17) is 0 Å². The van der Waals surface area contributed by atoms with E-state index in [0.717, 1.165) is 15.0 Å². The van der Waals surface area contributed by atoms with E-state index < -0.39 is 0 Å². The third kappa shape index (κ3) is 3.86. The van der Waals surface area contributed by atoms with Crippen molar-refractivity contribution in [2.75, 3.05) is 11.4 Å². The topological polar surface area (TPSA) is 61.8 Å². The number of hydrogen-bond acceptors (Lipinski definition) is 4. The molecule has 1 fully saturated rings. The summed E-state index contributed by atoms with van der Waals surface area (Å²) in [4.78, 5) is 26.9. The maximum atomic E-state index is 12.1. The maximum Gasteiger partial charge on any atom is 0.245 e. The van der Waals surface area contributed by atoms with Crippen molar-refractivity contribution in [2.24, 2.45) is 11.0 Å². The Hall–Kier alpha value is -1.99. The maximum absolute atomic E-state index is 12.1. The van der Waals surface area contributed by atoms with Crippen molar-refractivity contribution in [1.29, 1.82) is 0 Å². The van der Waals surface area contributed by atoms with Crippen LogP contribution in [0.4, 0.5) is 5.69 Å². The summed E-state index contributed by atoms with van der Waals surface area (Å²) < 4.78 is 0.949. The lowest BCUT2D eigenvalue weighted by molar-refractivity contribution is -0.126. The van der Waals surface area contributed by atoms with Crippen LogP contribution in [0.5, 0.6) is 0 Å². The predicted molar refractivity (Wildman–Crippen MR) is 94.7 cm³/mol. The van der Waals surface area contributed by atoms with Crippen molar-refractivity contribution in [3.05, 3.63) is 51.1 Å². The standard InChI is InChI=1S/C16H14BrN3O2S/c17-12-3-5-13(6-4-12)20-10-11(8-15(20)21)16(22)19-18-9-14-2-1-7-23-14/h1-7,9,11H,8,10H2,(H,19,22)/b18-9-/t11-/m1/s1. The Balaban J connectivity index is 1.60. The zero-order valence-corrected chi connectivity index (χ0v) is 14.5. The molecule has 23 heavy (non-hydrogen) atoms. The quantitative estimate of drug-likeness (QED) is 0.642. The van der Waals surface area contributed by atoms with Gasteiger partial charge in [-0.25, -0.2) is 5.43 Å². The van der Waals surface area contributed by atoms with Crippen molar-refractivity contribution in [2.45, 2.75) is 6.42 Å². The molecule has 1 N–H and O–H groups in total. The normalized spacial score (nSPS) is 17.9. The first-order valence-electron chi connectivity index (χ1n) is 7.06. The van der Waals surface area contributed by atoms with Crippen LogP contribution in [-0.2, 0) is 9.59 Å². The Morgan fingerprint density at radius 1 is 1.35 bits per heavy atom. The van der Waals surface area contributed by atoms with Crippen LogP contribution in [-0.4, -0.2) is 24.6 Å². The molecule has 1 aliphatic heterocycles. The van der Waals surface area contributed by atoms with Gasteiger partial charge in [-0.15, -0.1) is 11.3 Å². The summed E-state index contributed by atoms with van der Waals surface area (Å²) in [6, 6.07) is 11.3. The second-order valence-corrected chi connectivity index (χ2v) is 7.03. The second kappa shape index (κ2) is 7.06. The summed E-state index contributed by atoms with van der Waals surface area (Å²) in [5.74, 6) is -0.660. The van der Waals surface area contributed by atoms with Gasteiger partial charge in [0.15, 0.2) is 0 Å². The molecule has 2 heterocycles. The molecule has 1 saturated heterocycles. The highest BCUT2D eigenvalue weighted by molar-refractivity contribution is 9.10. The van der Waals surface area contributed by atoms with Gasteiger partial charge in [0.25, 0.3) is 0 Å². The molecule has 0 saturated carbocycles. The number of halogens is 1. The molecule has 0 unspecified atom stereocenters. The number of rotatable bonds is 4. The molecule has 2 aromatic rings. The summed E-state index contributed by atoms with van der Waals surface area (Å²) in [5.41, 5.74) is 3.32. The molecule has 1 aromatic carbocycles. The highest BCUT2D eigenvalue weighted by Gasteiger charge is 2.35. The van der Waals surface area contributed by atoms with Gasteiger partial charge in [-0.3, -0.25) is 9.59 Å². The first kappa shape index (κ1) is 15.9. The van der Waals surface area contributed by atoms with Crippen molar-refractivity contribution in [1.82, 2.24) is 5.43 Å². The molecule has 5 nitrogen and oxygen atoms in total. The highest BCUT2D eigenvalue weighted by Crippen LogP contribution is 2.26. The fourth-order valence-corrected chi connectivity index (χ4v) is 3.22. The number of carbonyl (C=O) groups excluding carboxylic acids is 2. The number of nitrogens with one attached hydrogen (secondary N) is 1. The lowest BCUT2D eigenvalue weighted by Crippen LogP contribution is -2.30. The third-order valence-electron chi connectivity index (χ3n) is 3.54. The first-order chi connectivity index (χ1) is 11.1. The summed E-state index contributed by atoms with van der Waals surface area (Å²) >= 11 is 4.91. The SMILES string of the molecule is O=C(N/N=C\c1cccs1)[C@@H]1CC(=O)N(c2ccc(Br)cc2)C1. The van der Waals surface area contributed by atoms with Crippen LogP contribution in [0.15, 0.2) is 51.4 Å². The van der Waals surface area contributed by atoms with Gasteiger partial charge < -0.3 is 4.90 Å². The van der Waals surface area contributed by atoms with Crippen LogP contribution >= 0.6 is 27.3 Å². The molecule has 1 aromatic heterocycles. The summed E-state index contributed by atoms with van der Waals surface area (Å²) in [6.45, 7) is 0.376. The molecule has 3 rings (SSSR count). The largest absolute Gasteiger partial charge is 0.312 e. The van der Waals surface area contributed by atoms with Gasteiger partial charge in [0, 0.05) is 28.0 Å². The number of carbonyl (C=O) groups is 2. The van der Waals surface area contributed by atoms with E-state index in [1.807, 2.05) is 41.8 Å². The van der Waals surface area contributed by atoms with Gasteiger partial charge in [-0.2, -0.15) is 5.10 Å². The van der Waals surface area contributed by atoms with E-state index in [1.165, 1.54) is 11.3 Å². The Morgan fingerprint density at radius 3 is 2.83 bits per heavy atom. The monoisotopic (exact) mass is 391 g/mol. The van der Waals surface area contributed by atoms with Gasteiger partial charge in [-0.1, -0.05) is 22.0 Å². The molecule has 1 atom stereocenters. The summed E-state index contributed by atoms with van der Waals surface area (Å²) in [5, 5.41) is 5.88. The van der Waals surface area contributed by atoms with Crippen LogP contribution in [0.25, 0.3) is 0 Å². The minimum absolute atomic E-state index is 0.0466. The minimum Gasteiger partial charge on any atom is -0.312 e. The zero-order valence-electron chi connectivity index (χ0n) is 12.1. The van der Waals surface area contributed by atoms with Crippen LogP contribution in [0.2, 0.25) is 0 Å². The van der Waals surface area contributed by atoms with Crippen LogP contribution in [0.1, 0.15) is 11.3 Å². The third-order valence-corrected chi connectivity index (χ3v) is 4.88. The second-order valence-electron chi connectivity index (χ2n) is 5.13. The van der Waals surface area contributed by atoms with Crippen LogP contribution in [0, 0.1) is 5.92 Å². The molecule has 0 spiro atoms. The minimum atomic E-state index is -0.383. The van der Waals surface area contributed by atoms with E-state index >= 15 is 0 Å². The molecule has 0 bridgehead atoms. The fourth-order valence-electron chi connectivity index (χ4n) is 2.37. The Bertz CT molecular complexity index is 728. The number of anilines is 1. The molecule has 0 aliphatic carbocycles. The molecule has 0 radical (unpaired) electrons. The molecular weight excluding hydrogens is 378 g/mol. The van der Waals surface area contributed by atoms with E-state index in [1.54, 1.807) is 11.1 Å². The molecular formula is C16H14BrN3O2S. The van der Waals surface area contributed by atoms with Gasteiger partial charge >= 0.3 is 0 Å². The number of thiophene rings is 1. The van der Waals surface area contributed by atoms with E-state index in [2.05, 4.69) is 26.5 Å². The number of benzene rings is 1. The van der Waals surface area contributed by atoms with Crippen LogP contribution < -0.4 is 10.3 Å². The smallest absolute Gasteiger partial charge is 0.245 e. The van der Waals surface area contributed by atoms with Crippen molar-refractivity contribution in [3.8, 4) is 0 Å². The molecule has 2 amide bonds. The van der Waals surface area contributed by atoms with Crippen molar-refractivity contribution < 1.29 is 9.59 Å². The van der Waals surface area contributed by atoms with Gasteiger partial charge in [0.05, 0.1) is 12.1 Å². The van der Waals surface area contributed by atoms with E-state index in [9.17, 15) is 9.59 Å². The van der Waals surface area contributed by atoms with E-state index in [0.29, 0.717) is 6.54 Å². The zero-order chi connectivity index (χ0) is 16.2. The number of amides is 2. The van der Waals surface area contributed by atoms with Gasteiger partial charge in [0.1, 0.15) is 0 Å². The lowest BCUT2D eigenvalue weighted by Gasteiger charge is -2.16. The molecule has 1 aliphatic rings. The van der Waals surface area contributed by atoms with Gasteiger partial charge in [0.2, 0.25) is 11.8 Å². The average Bonchev–Trinajstić information content (AvgIpc) is 3.18. The molecule has 7 heteroatoms. The average molecular weight is 392 g/mol. The molecule has 118 valence electrons. The van der Waals surface area contributed by atoms with Crippen molar-refractivity contribution >= 4 is 51.0 Å². The van der Waals surface area contributed by atoms with Gasteiger partial charge in [-0.05, 0) is 35.7 Å². The highest BCUT2D eigenvalue weighted by atomic mass is 79.9. The van der Waals surface area contributed by atoms with E-state index in [-0.39, 0.29) is 24.2 Å². The number of hydrazone groups is 1. The van der Waals surface area contributed by atoms with Crippen LogP contribution in [0.3, 0.4) is 0 Å². The number of nitrogens with zero attached hydrogens (tertiary/aromatic N) is 2. The lowest BCUT2D eigenvalue weighted by atomic mass is 10.1. The van der Waals surface area contributed by atoms with Crippen molar-refractivity contribution in [3.63, 3.8) is 0 Å². The Morgan fingerprint density at radius 2 is 2.13 bits per heavy atom. The summed E-state index contributed by atoms with van der Waals surface area (Å²) in [6.07, 6.45) is 1.81. The Kier molecular flexibility index (Phi) is 4.88. The number of hydrogen-bond donors (Lipinski definition) is 1. The Labute approximate surface area is 146 Å². The fraction of sp³-hybridized carbons (Fsp3) is 0.188. The predicted octanol–water partition coefficient (Wildman–Crippen LogP) is 3.01.